The van der Waals surface area contributed by atoms with E-state index in [0.717, 1.165) is 5.56 Å². The molecule has 1 aromatic carbocycles. The molecule has 9 nitrogen and oxygen atoms in total. The lowest BCUT2D eigenvalue weighted by Crippen LogP contribution is -2.39. The van der Waals surface area contributed by atoms with Crippen molar-refractivity contribution in [1.82, 2.24) is 10.2 Å². The fourth-order valence-corrected chi connectivity index (χ4v) is 3.06. The first kappa shape index (κ1) is 15.8. The molecule has 1 aliphatic carbocycles. The third-order valence-electron chi connectivity index (χ3n) is 4.14. The number of urea groups is 1. The molecule has 1 fully saturated rings. The van der Waals surface area contributed by atoms with E-state index >= 15 is 0 Å². The molecule has 1 spiro atoms. The van der Waals surface area contributed by atoms with Crippen LogP contribution in [-0.4, -0.2) is 47.6 Å². The Bertz CT molecular complexity index is 762. The third-order valence-corrected chi connectivity index (χ3v) is 4.14. The largest absolute Gasteiger partial charge is 0.480 e. The third kappa shape index (κ3) is 2.34. The summed E-state index contributed by atoms with van der Waals surface area (Å²) in [7, 11) is 1.49. The number of aliphatic carboxylic acids is 1. The standard InChI is InChI=1S/C15H15N3O6/c1-16-13(22)17-9-2-3-10-8(6-9)4-5-15(10)12(21)18(7-11(19)20)14(23)24-15/h2-3,6H,4-5,7H2,1H3,(H,19,20)(H2,16,17,22)/t15-/m1/s1. The van der Waals surface area contributed by atoms with Gasteiger partial charge in [-0.05, 0) is 24.1 Å². The molecule has 3 N–H and O–H groups in total. The molecule has 0 aromatic heterocycles. The van der Waals surface area contributed by atoms with Gasteiger partial charge in [0.25, 0.3) is 5.91 Å². The number of aryl methyl sites for hydroxylation is 1. The topological polar surface area (TPSA) is 125 Å². The monoisotopic (exact) mass is 333 g/mol. The second-order valence-corrected chi connectivity index (χ2v) is 5.56. The van der Waals surface area contributed by atoms with Crippen molar-refractivity contribution in [2.45, 2.75) is 18.4 Å². The fourth-order valence-electron chi connectivity index (χ4n) is 3.06. The van der Waals surface area contributed by atoms with Gasteiger partial charge in [-0.1, -0.05) is 6.07 Å². The number of fused-ring (bicyclic) bond motifs is 2. The quantitative estimate of drug-likeness (QED) is 0.745. The van der Waals surface area contributed by atoms with Crippen LogP contribution < -0.4 is 10.6 Å². The van der Waals surface area contributed by atoms with Gasteiger partial charge in [-0.3, -0.25) is 9.59 Å². The van der Waals surface area contributed by atoms with Crippen molar-refractivity contribution >= 4 is 29.7 Å². The molecule has 1 saturated heterocycles. The van der Waals surface area contributed by atoms with Crippen molar-refractivity contribution in [3.05, 3.63) is 29.3 Å². The van der Waals surface area contributed by atoms with Gasteiger partial charge < -0.3 is 20.5 Å². The lowest BCUT2D eigenvalue weighted by Gasteiger charge is -2.20. The normalized spacial score (nSPS) is 21.6. The predicted molar refractivity (Wildman–Crippen MR) is 80.3 cm³/mol. The summed E-state index contributed by atoms with van der Waals surface area (Å²) >= 11 is 0. The highest BCUT2D eigenvalue weighted by Gasteiger charge is 2.58. The molecular weight excluding hydrogens is 318 g/mol. The Kier molecular flexibility index (Phi) is 3.63. The van der Waals surface area contributed by atoms with Crippen molar-refractivity contribution < 1.29 is 29.0 Å². The van der Waals surface area contributed by atoms with Gasteiger partial charge in [0.15, 0.2) is 0 Å². The minimum absolute atomic E-state index is 0.243. The van der Waals surface area contributed by atoms with Crippen LogP contribution >= 0.6 is 0 Å². The minimum atomic E-state index is -1.46. The SMILES string of the molecule is CNC(=O)Nc1ccc2c(c1)CC[C@@]21OC(=O)N(CC(=O)O)C1=O. The Hall–Kier alpha value is -3.10. The molecule has 2 aliphatic rings. The van der Waals surface area contributed by atoms with Gasteiger partial charge in [-0.25, -0.2) is 14.5 Å². The van der Waals surface area contributed by atoms with Crippen LogP contribution in [0.2, 0.25) is 0 Å². The Balaban J connectivity index is 1.92. The molecular formula is C15H15N3O6. The first-order chi connectivity index (χ1) is 11.4. The summed E-state index contributed by atoms with van der Waals surface area (Å²) in [4.78, 5) is 47.3. The molecule has 24 heavy (non-hydrogen) atoms. The lowest BCUT2D eigenvalue weighted by molar-refractivity contribution is -0.144. The molecule has 1 aliphatic heterocycles. The highest BCUT2D eigenvalue weighted by Crippen LogP contribution is 2.45. The van der Waals surface area contributed by atoms with Crippen molar-refractivity contribution in [3.63, 3.8) is 0 Å². The van der Waals surface area contributed by atoms with Crippen LogP contribution in [0.3, 0.4) is 0 Å². The number of nitrogens with zero attached hydrogens (tertiary/aromatic N) is 1. The Morgan fingerprint density at radius 1 is 1.38 bits per heavy atom. The van der Waals surface area contributed by atoms with E-state index in [1.165, 1.54) is 7.05 Å². The Morgan fingerprint density at radius 2 is 2.12 bits per heavy atom. The number of ether oxygens (including phenoxy) is 1. The summed E-state index contributed by atoms with van der Waals surface area (Å²) in [5, 5.41) is 13.9. The highest BCUT2D eigenvalue weighted by atomic mass is 16.6. The summed E-state index contributed by atoms with van der Waals surface area (Å²) < 4.78 is 5.28. The molecule has 1 heterocycles. The zero-order valence-electron chi connectivity index (χ0n) is 12.8. The highest BCUT2D eigenvalue weighted by molar-refractivity contribution is 6.06. The van der Waals surface area contributed by atoms with Gasteiger partial charge in [-0.15, -0.1) is 0 Å². The summed E-state index contributed by atoms with van der Waals surface area (Å²) in [5.41, 5.74) is 0.371. The van der Waals surface area contributed by atoms with Gasteiger partial charge in [0, 0.05) is 24.7 Å². The number of rotatable bonds is 3. The number of anilines is 1. The van der Waals surface area contributed by atoms with Gasteiger partial charge >= 0.3 is 18.1 Å². The lowest BCUT2D eigenvalue weighted by atomic mass is 9.94. The average Bonchev–Trinajstić information content (AvgIpc) is 3.00. The van der Waals surface area contributed by atoms with E-state index in [-0.39, 0.29) is 12.5 Å². The molecule has 1 aromatic rings. The van der Waals surface area contributed by atoms with Crippen LogP contribution in [-0.2, 0) is 26.3 Å². The van der Waals surface area contributed by atoms with Crippen LogP contribution in [0.5, 0.6) is 0 Å². The van der Waals surface area contributed by atoms with Crippen molar-refractivity contribution in [2.24, 2.45) is 0 Å². The molecule has 3 rings (SSSR count). The zero-order valence-corrected chi connectivity index (χ0v) is 12.8. The molecule has 0 bridgehead atoms. The predicted octanol–water partition coefficient (Wildman–Crippen LogP) is 0.643. The van der Waals surface area contributed by atoms with E-state index in [4.69, 9.17) is 9.84 Å². The van der Waals surface area contributed by atoms with Gasteiger partial charge in [0.1, 0.15) is 6.54 Å². The van der Waals surface area contributed by atoms with Crippen molar-refractivity contribution in [1.29, 1.82) is 0 Å². The Labute approximate surface area is 136 Å². The first-order valence-electron chi connectivity index (χ1n) is 7.26. The van der Waals surface area contributed by atoms with Crippen LogP contribution in [0, 0.1) is 0 Å². The summed E-state index contributed by atoms with van der Waals surface area (Å²) in [6.45, 7) is -0.731. The number of benzene rings is 1. The average molecular weight is 333 g/mol. The maximum absolute atomic E-state index is 12.6. The van der Waals surface area contributed by atoms with Crippen molar-refractivity contribution in [2.75, 3.05) is 18.9 Å². The molecule has 0 saturated carbocycles. The number of carboxylic acids is 1. The van der Waals surface area contributed by atoms with E-state index < -0.39 is 30.1 Å². The number of carboxylic acid groups (broad SMARTS) is 1. The summed E-state index contributed by atoms with van der Waals surface area (Å²) in [5.74, 6) is -1.96. The van der Waals surface area contributed by atoms with E-state index in [1.54, 1.807) is 18.2 Å². The molecule has 4 amide bonds. The van der Waals surface area contributed by atoms with Crippen LogP contribution in [0.15, 0.2) is 18.2 Å². The van der Waals surface area contributed by atoms with E-state index in [2.05, 4.69) is 10.6 Å². The van der Waals surface area contributed by atoms with Crippen molar-refractivity contribution in [3.8, 4) is 0 Å². The molecule has 0 radical (unpaired) electrons. The number of carbonyl (C=O) groups excluding carboxylic acids is 3. The molecule has 0 unspecified atom stereocenters. The fraction of sp³-hybridized carbons (Fsp3) is 0.333. The second kappa shape index (κ2) is 5.52. The number of nitrogens with one attached hydrogen (secondary N) is 2. The number of hydrogen-bond acceptors (Lipinski definition) is 5. The van der Waals surface area contributed by atoms with Crippen LogP contribution in [0.25, 0.3) is 0 Å². The van der Waals surface area contributed by atoms with E-state index in [9.17, 15) is 19.2 Å². The zero-order chi connectivity index (χ0) is 17.5. The second-order valence-electron chi connectivity index (χ2n) is 5.56. The number of amides is 4. The van der Waals surface area contributed by atoms with E-state index in [1.807, 2.05) is 0 Å². The summed E-state index contributed by atoms with van der Waals surface area (Å²) in [6, 6.07) is 4.55. The maximum atomic E-state index is 12.6. The minimum Gasteiger partial charge on any atom is -0.480 e. The van der Waals surface area contributed by atoms with Gasteiger partial charge in [0.2, 0.25) is 5.60 Å². The smallest absolute Gasteiger partial charge is 0.418 e. The maximum Gasteiger partial charge on any atom is 0.418 e. The Morgan fingerprint density at radius 3 is 2.79 bits per heavy atom. The van der Waals surface area contributed by atoms with E-state index in [0.29, 0.717) is 22.6 Å². The number of carbonyl (C=O) groups is 4. The number of hydrogen-bond donors (Lipinski definition) is 3. The molecule has 126 valence electrons. The summed E-state index contributed by atoms with van der Waals surface area (Å²) in [6.07, 6.45) is -0.242. The van der Waals surface area contributed by atoms with Crippen LogP contribution in [0.4, 0.5) is 15.3 Å². The molecule has 1 atom stereocenters. The van der Waals surface area contributed by atoms with Gasteiger partial charge in [0.05, 0.1) is 0 Å². The van der Waals surface area contributed by atoms with Gasteiger partial charge in [-0.2, -0.15) is 0 Å². The first-order valence-corrected chi connectivity index (χ1v) is 7.26. The number of imide groups is 1. The van der Waals surface area contributed by atoms with Crippen LogP contribution in [0.1, 0.15) is 17.5 Å². The molecule has 9 heteroatoms.